The summed E-state index contributed by atoms with van der Waals surface area (Å²) in [6.45, 7) is 3.93. The van der Waals surface area contributed by atoms with Crippen molar-refractivity contribution in [3.8, 4) is 0 Å². The topological polar surface area (TPSA) is 85.5 Å². The number of fused-ring (bicyclic) bond motifs is 5. The molecule has 7 heteroatoms. The number of hydrogen-bond donors (Lipinski definition) is 2. The van der Waals surface area contributed by atoms with Crippen LogP contribution in [0.15, 0.2) is 24.3 Å². The highest BCUT2D eigenvalue weighted by Gasteiger charge is 2.60. The number of nitrogens with zero attached hydrogens (tertiary/aromatic N) is 2. The number of H-pyrrole nitrogens is 1. The number of hydrogen-bond acceptors (Lipinski definition) is 3. The minimum Gasteiger partial charge on any atom is -0.356 e. The lowest BCUT2D eigenvalue weighted by atomic mass is 9.87. The Hall–Kier alpha value is -2.83. The van der Waals surface area contributed by atoms with Gasteiger partial charge in [0, 0.05) is 23.5 Å². The fraction of sp³-hybridized carbons (Fsp3) is 0.542. The summed E-state index contributed by atoms with van der Waals surface area (Å²) in [5, 5.41) is 4.19. The standard InChI is InChI=1S/C24H30N4O3/c1-15(21(29)25-16-9-5-3-4-6-10-16)28-22(30)24(2)20-18(13-14-27(24)23(28)31)17-11-7-8-12-19(17)26-20/h7-8,11-12,15-16,26H,3-6,9-10,13-14H2,1-2H3,(H,25,29). The summed E-state index contributed by atoms with van der Waals surface area (Å²) in [4.78, 5) is 46.2. The zero-order valence-electron chi connectivity index (χ0n) is 18.2. The van der Waals surface area contributed by atoms with Gasteiger partial charge in [0.1, 0.15) is 6.04 Å². The van der Waals surface area contributed by atoms with Gasteiger partial charge < -0.3 is 15.2 Å². The summed E-state index contributed by atoms with van der Waals surface area (Å²) < 4.78 is 0. The molecule has 1 saturated carbocycles. The van der Waals surface area contributed by atoms with E-state index in [1.165, 1.54) is 17.7 Å². The van der Waals surface area contributed by atoms with Gasteiger partial charge in [-0.25, -0.2) is 9.69 Å². The van der Waals surface area contributed by atoms with Crippen LogP contribution in [0.4, 0.5) is 4.79 Å². The Balaban J connectivity index is 1.44. The fourth-order valence-corrected chi connectivity index (χ4v) is 5.62. The molecule has 1 aliphatic carbocycles. The summed E-state index contributed by atoms with van der Waals surface area (Å²) >= 11 is 0. The molecular formula is C24H30N4O3. The van der Waals surface area contributed by atoms with Gasteiger partial charge in [-0.2, -0.15) is 0 Å². The lowest BCUT2D eigenvalue weighted by Gasteiger charge is -2.36. The van der Waals surface area contributed by atoms with Gasteiger partial charge >= 0.3 is 6.03 Å². The molecule has 1 aromatic heterocycles. The molecule has 2 fully saturated rings. The number of imide groups is 1. The summed E-state index contributed by atoms with van der Waals surface area (Å²) in [6, 6.07) is 6.90. The van der Waals surface area contributed by atoms with Crippen molar-refractivity contribution in [2.45, 2.75) is 76.4 Å². The maximum atomic E-state index is 13.7. The van der Waals surface area contributed by atoms with Gasteiger partial charge in [-0.15, -0.1) is 0 Å². The number of carbonyl (C=O) groups is 3. The highest BCUT2D eigenvalue weighted by Crippen LogP contribution is 2.44. The molecule has 0 bridgehead atoms. The van der Waals surface area contributed by atoms with Crippen LogP contribution in [0.3, 0.4) is 0 Å². The second kappa shape index (κ2) is 7.39. The molecule has 2 N–H and O–H groups in total. The van der Waals surface area contributed by atoms with Crippen molar-refractivity contribution >= 4 is 28.7 Å². The van der Waals surface area contributed by atoms with Crippen molar-refractivity contribution in [1.29, 1.82) is 0 Å². The van der Waals surface area contributed by atoms with Gasteiger partial charge in [-0.05, 0) is 44.7 Å². The number of aromatic nitrogens is 1. The van der Waals surface area contributed by atoms with E-state index in [9.17, 15) is 14.4 Å². The van der Waals surface area contributed by atoms with E-state index in [2.05, 4.69) is 10.3 Å². The average molecular weight is 423 g/mol. The van der Waals surface area contributed by atoms with Crippen LogP contribution in [0.25, 0.3) is 10.9 Å². The van der Waals surface area contributed by atoms with Crippen molar-refractivity contribution < 1.29 is 14.4 Å². The minimum atomic E-state index is -1.11. The van der Waals surface area contributed by atoms with Crippen LogP contribution in [0.5, 0.6) is 0 Å². The Morgan fingerprint density at radius 3 is 2.61 bits per heavy atom. The van der Waals surface area contributed by atoms with E-state index in [1.807, 2.05) is 24.3 Å². The second-order valence-electron chi connectivity index (χ2n) is 9.33. The van der Waals surface area contributed by atoms with Crippen LogP contribution in [0.1, 0.15) is 63.6 Å². The number of rotatable bonds is 3. The Morgan fingerprint density at radius 2 is 1.87 bits per heavy atom. The van der Waals surface area contributed by atoms with E-state index in [1.54, 1.807) is 18.7 Å². The second-order valence-corrected chi connectivity index (χ2v) is 9.33. The molecule has 3 aliphatic rings. The van der Waals surface area contributed by atoms with Gasteiger partial charge in [-0.1, -0.05) is 43.9 Å². The largest absolute Gasteiger partial charge is 0.356 e. The van der Waals surface area contributed by atoms with Crippen LogP contribution < -0.4 is 5.32 Å². The van der Waals surface area contributed by atoms with Gasteiger partial charge in [0.25, 0.3) is 5.91 Å². The molecule has 5 rings (SSSR count). The monoisotopic (exact) mass is 422 g/mol. The molecule has 2 atom stereocenters. The van der Waals surface area contributed by atoms with Gasteiger partial charge in [0.2, 0.25) is 5.91 Å². The molecule has 3 heterocycles. The minimum absolute atomic E-state index is 0.128. The van der Waals surface area contributed by atoms with Crippen LogP contribution in [0, 0.1) is 0 Å². The SMILES string of the molecule is CC(C(=O)NC1CCCCCC1)N1C(=O)N2CCc3c([nH]c4ccccc34)C2(C)C1=O. The zero-order chi connectivity index (χ0) is 21.8. The predicted octanol–water partition coefficient (Wildman–Crippen LogP) is 3.43. The third-order valence-corrected chi connectivity index (χ3v) is 7.47. The third-order valence-electron chi connectivity index (χ3n) is 7.47. The highest BCUT2D eigenvalue weighted by molar-refractivity contribution is 6.10. The predicted molar refractivity (Wildman–Crippen MR) is 117 cm³/mol. The molecular weight excluding hydrogens is 392 g/mol. The van der Waals surface area contributed by atoms with E-state index in [-0.39, 0.29) is 23.9 Å². The lowest BCUT2D eigenvalue weighted by Crippen LogP contribution is -2.51. The molecule has 2 unspecified atom stereocenters. The first-order valence-corrected chi connectivity index (χ1v) is 11.5. The first-order chi connectivity index (χ1) is 14.9. The molecule has 31 heavy (non-hydrogen) atoms. The first kappa shape index (κ1) is 20.1. The summed E-state index contributed by atoms with van der Waals surface area (Å²) in [5.41, 5.74) is 1.72. The van der Waals surface area contributed by atoms with E-state index < -0.39 is 11.6 Å². The van der Waals surface area contributed by atoms with Crippen LogP contribution in [-0.4, -0.2) is 51.3 Å². The van der Waals surface area contributed by atoms with Crippen molar-refractivity contribution in [3.05, 3.63) is 35.5 Å². The van der Waals surface area contributed by atoms with Crippen molar-refractivity contribution in [3.63, 3.8) is 0 Å². The van der Waals surface area contributed by atoms with E-state index in [0.29, 0.717) is 13.0 Å². The Labute approximate surface area is 182 Å². The summed E-state index contributed by atoms with van der Waals surface area (Å²) in [7, 11) is 0. The molecule has 0 spiro atoms. The number of benzene rings is 1. The van der Waals surface area contributed by atoms with Crippen LogP contribution in [0.2, 0.25) is 0 Å². The Kier molecular flexibility index (Phi) is 4.79. The zero-order valence-corrected chi connectivity index (χ0v) is 18.2. The molecule has 4 amide bonds. The van der Waals surface area contributed by atoms with E-state index >= 15 is 0 Å². The fourth-order valence-electron chi connectivity index (χ4n) is 5.62. The number of carbonyl (C=O) groups excluding carboxylic acids is 3. The van der Waals surface area contributed by atoms with Crippen LogP contribution >= 0.6 is 0 Å². The molecule has 7 nitrogen and oxygen atoms in total. The van der Waals surface area contributed by atoms with Gasteiger partial charge in [-0.3, -0.25) is 9.59 Å². The molecule has 1 saturated heterocycles. The number of nitrogens with one attached hydrogen (secondary N) is 2. The lowest BCUT2D eigenvalue weighted by molar-refractivity contribution is -0.139. The smallest absolute Gasteiger partial charge is 0.328 e. The quantitative estimate of drug-likeness (QED) is 0.587. The maximum Gasteiger partial charge on any atom is 0.328 e. The van der Waals surface area contributed by atoms with Crippen molar-refractivity contribution in [1.82, 2.24) is 20.1 Å². The summed E-state index contributed by atoms with van der Waals surface area (Å²) in [6.07, 6.45) is 7.22. The molecule has 164 valence electrons. The third kappa shape index (κ3) is 2.97. The van der Waals surface area contributed by atoms with E-state index in [4.69, 9.17) is 0 Å². The maximum absolute atomic E-state index is 13.7. The molecule has 1 aromatic carbocycles. The highest BCUT2D eigenvalue weighted by atomic mass is 16.2. The Bertz CT molecular complexity index is 1050. The number of urea groups is 1. The van der Waals surface area contributed by atoms with Crippen molar-refractivity contribution in [2.75, 3.05) is 6.54 Å². The van der Waals surface area contributed by atoms with E-state index in [0.717, 1.165) is 47.8 Å². The normalized spacial score (nSPS) is 25.4. The van der Waals surface area contributed by atoms with Crippen LogP contribution in [-0.2, 0) is 21.5 Å². The van der Waals surface area contributed by atoms with Gasteiger partial charge in [0.15, 0.2) is 5.54 Å². The number of para-hydroxylation sites is 1. The summed E-state index contributed by atoms with van der Waals surface area (Å²) in [5.74, 6) is -0.567. The average Bonchev–Trinajstić information content (AvgIpc) is 3.08. The Morgan fingerprint density at radius 1 is 1.16 bits per heavy atom. The molecule has 2 aliphatic heterocycles. The number of aromatic amines is 1. The van der Waals surface area contributed by atoms with Gasteiger partial charge in [0.05, 0.1) is 5.69 Å². The first-order valence-electron chi connectivity index (χ1n) is 11.5. The molecule has 2 aromatic rings. The molecule has 0 radical (unpaired) electrons. The number of amides is 4. The van der Waals surface area contributed by atoms with Crippen molar-refractivity contribution in [2.24, 2.45) is 0 Å².